The number of aliphatic hydroxyl groups excluding tert-OH is 1. The fourth-order valence-electron chi connectivity index (χ4n) is 18.4. The molecule has 6 aliphatic carbocycles. The highest BCUT2D eigenvalue weighted by molar-refractivity contribution is 6.07. The van der Waals surface area contributed by atoms with Crippen LogP contribution in [0.1, 0.15) is 138 Å². The summed E-state index contributed by atoms with van der Waals surface area (Å²) < 4.78 is 13.6. The second-order valence-electron chi connectivity index (χ2n) is 27.1. The van der Waals surface area contributed by atoms with Crippen LogP contribution in [-0.4, -0.2) is 67.6 Å². The van der Waals surface area contributed by atoms with Crippen LogP contribution in [0.5, 0.6) is 5.75 Å². The summed E-state index contributed by atoms with van der Waals surface area (Å²) in [4.78, 5) is 30.7. The highest BCUT2D eigenvalue weighted by atomic mass is 16.6. The van der Waals surface area contributed by atoms with Gasteiger partial charge in [0.1, 0.15) is 17.3 Å². The molecule has 15 rings (SSSR count). The Labute approximate surface area is 492 Å². The number of rotatable bonds is 12. The Kier molecular flexibility index (Phi) is 15.9. The van der Waals surface area contributed by atoms with Crippen molar-refractivity contribution < 1.29 is 29.3 Å². The van der Waals surface area contributed by atoms with Gasteiger partial charge in [0.15, 0.2) is 0 Å². The van der Waals surface area contributed by atoms with E-state index in [1.165, 1.54) is 28.7 Å². The molecule has 3 saturated carbocycles. The van der Waals surface area contributed by atoms with Crippen molar-refractivity contribution in [1.29, 1.82) is 0 Å². The molecular weight excluding hydrogens is 1030 g/mol. The molecule has 0 unspecified atom stereocenters. The Balaban J connectivity index is 0.984. The normalized spacial score (nSPS) is 32.1. The fourth-order valence-corrected chi connectivity index (χ4v) is 18.4. The standard InChI is InChI=1S/C72H89N5O6/c1-6-44(29-45-11-8-7-9-12-45)34-62-72-27-22-54-55-18-19-57-61(82-69(80)65(57)66(55)72)23-26-71-25-21-56(59(71)20-15-50-41-76-63(73-5)36-60(50)71)68(77-38-43(4)78)51-31-46(30-48(33-51)40-75-37-42(2)3)24-28-74-39-47-13-10-14-49(32-47)53-17-16-52(79)35-58(53)64(54)67(72)70(81)83-62/h7-14,16-17,23,30-35,42-44,50,54-56,59-60,63,66,68,73-79H,6,15,18-22,24-29,36-41H2,1-5H3/b61-23?,62-34-/t43-,44-,50-,54+,55-,56+,59+,60-,63+,66+,68+,71+,72+/m0/s1. The molecule has 5 heterocycles. The Morgan fingerprint density at radius 3 is 2.49 bits per heavy atom. The van der Waals surface area contributed by atoms with Gasteiger partial charge in [-0.1, -0.05) is 93.6 Å². The number of piperidine rings is 1. The monoisotopic (exact) mass is 1120 g/mol. The predicted molar refractivity (Wildman–Crippen MR) is 327 cm³/mol. The molecule has 2 saturated heterocycles. The predicted octanol–water partition coefficient (Wildman–Crippen LogP) is 11.8. The van der Waals surface area contributed by atoms with Gasteiger partial charge < -0.3 is 46.3 Å². The van der Waals surface area contributed by atoms with E-state index in [1.54, 1.807) is 6.07 Å². The number of nitrogens with one attached hydrogen (secondary N) is 5. The second-order valence-corrected chi connectivity index (χ2v) is 27.1. The molecule has 0 amide bonds. The van der Waals surface area contributed by atoms with Gasteiger partial charge >= 0.3 is 11.9 Å². The van der Waals surface area contributed by atoms with Crippen molar-refractivity contribution in [2.75, 3.05) is 33.2 Å². The molecule has 0 radical (unpaired) electrons. The number of aromatic hydroxyl groups is 1. The first kappa shape index (κ1) is 56.5. The summed E-state index contributed by atoms with van der Waals surface area (Å²) in [5.74, 6) is 3.06. The lowest BCUT2D eigenvalue weighted by Gasteiger charge is -2.56. The zero-order valence-electron chi connectivity index (χ0n) is 49.7. The van der Waals surface area contributed by atoms with Gasteiger partial charge in [0.2, 0.25) is 0 Å². The summed E-state index contributed by atoms with van der Waals surface area (Å²) in [7, 11) is 2.09. The van der Waals surface area contributed by atoms with E-state index in [9.17, 15) is 10.2 Å². The molecule has 1 spiro atoms. The van der Waals surface area contributed by atoms with E-state index in [2.05, 4.69) is 139 Å². The summed E-state index contributed by atoms with van der Waals surface area (Å²) in [6, 6.07) is 32.4. The number of carbonyl (C=O) groups is 2. The van der Waals surface area contributed by atoms with Crippen LogP contribution in [0.25, 0.3) is 16.7 Å². The van der Waals surface area contributed by atoms with Crippen LogP contribution >= 0.6 is 0 Å². The van der Waals surface area contributed by atoms with E-state index in [1.807, 2.05) is 19.1 Å². The molecule has 7 N–H and O–H groups in total. The van der Waals surface area contributed by atoms with Crippen LogP contribution < -0.4 is 26.6 Å². The Hall–Kier alpha value is -5.66. The molecule has 4 aromatic carbocycles. The molecule has 13 atom stereocenters. The third-order valence-corrected chi connectivity index (χ3v) is 21.9. The minimum atomic E-state index is -0.891. The number of ether oxygens (including phenoxy) is 2. The third kappa shape index (κ3) is 10.3. The Bertz CT molecular complexity index is 3250. The number of fused-ring (bicyclic) bond motifs is 6. The van der Waals surface area contributed by atoms with Gasteiger partial charge in [-0.15, -0.1) is 0 Å². The molecule has 11 aliphatic rings. The largest absolute Gasteiger partial charge is 0.508 e. The van der Waals surface area contributed by atoms with E-state index in [0.29, 0.717) is 60.4 Å². The van der Waals surface area contributed by atoms with Gasteiger partial charge in [-0.2, -0.15) is 0 Å². The van der Waals surface area contributed by atoms with Gasteiger partial charge in [0.05, 0.1) is 23.3 Å². The molecule has 14 bridgehead atoms. The van der Waals surface area contributed by atoms with Crippen LogP contribution in [0.4, 0.5) is 0 Å². The van der Waals surface area contributed by atoms with Gasteiger partial charge in [0.25, 0.3) is 0 Å². The van der Waals surface area contributed by atoms with Crippen molar-refractivity contribution in [3.8, 4) is 16.9 Å². The number of phenols is 1. The van der Waals surface area contributed by atoms with E-state index in [4.69, 9.17) is 9.47 Å². The number of aliphatic hydroxyl groups is 1. The molecule has 0 aromatic heterocycles. The van der Waals surface area contributed by atoms with E-state index in [0.717, 1.165) is 142 Å². The number of hydrogen-bond acceptors (Lipinski definition) is 11. The first-order chi connectivity index (χ1) is 40.3. The second kappa shape index (κ2) is 23.3. The number of phenolic OH excluding ortho intramolecular Hbond substituents is 1. The Morgan fingerprint density at radius 1 is 0.807 bits per heavy atom. The van der Waals surface area contributed by atoms with E-state index >= 15 is 9.59 Å². The van der Waals surface area contributed by atoms with E-state index < -0.39 is 11.5 Å². The maximum atomic E-state index is 15.4. The minimum Gasteiger partial charge on any atom is -0.508 e. The maximum absolute atomic E-state index is 15.4. The van der Waals surface area contributed by atoms with Gasteiger partial charge in [-0.3, -0.25) is 0 Å². The summed E-state index contributed by atoms with van der Waals surface area (Å²) in [5.41, 5.74) is 11.7. The van der Waals surface area contributed by atoms with Crippen molar-refractivity contribution in [1.82, 2.24) is 26.6 Å². The fraction of sp³-hybridized carbons (Fsp3) is 0.528. The number of allylic oxidation sites excluding steroid dienone is 5. The summed E-state index contributed by atoms with van der Waals surface area (Å²) in [5, 5.41) is 41.7. The SMILES string of the molecule is CC[C@H](/C=C1\OC(=O)C2=C3c4cc(O)ccc4-c4cccc(c4)CNCCc4cc(CNCC(C)C)cc(c4)[C@@H](NC[C@H](C)O)[C@@H]4CC[C@@]5(CC=C6OC(=O)C7=C6CC[C@H]6[C@H]3CC[C@@]21[C@@H]76)[C@@H]4CC[C@H]1CN[C@@H](NC)C[C@@H]15)Cc1ccccc1. The van der Waals surface area contributed by atoms with E-state index in [-0.39, 0.29) is 59.0 Å². The number of cyclic esters (lactones) is 1. The van der Waals surface area contributed by atoms with Crippen LogP contribution in [0, 0.1) is 64.1 Å². The Morgan fingerprint density at radius 2 is 1.67 bits per heavy atom. The molecule has 4 aromatic rings. The summed E-state index contributed by atoms with van der Waals surface area (Å²) >= 11 is 0. The smallest absolute Gasteiger partial charge is 0.340 e. The third-order valence-electron chi connectivity index (χ3n) is 21.9. The van der Waals surface area contributed by atoms with Crippen molar-refractivity contribution in [3.63, 3.8) is 0 Å². The average Bonchev–Trinajstić information content (AvgIpc) is 1.81. The van der Waals surface area contributed by atoms with Crippen molar-refractivity contribution in [2.45, 2.75) is 143 Å². The summed E-state index contributed by atoms with van der Waals surface area (Å²) in [6.07, 6.45) is 16.3. The maximum Gasteiger partial charge on any atom is 0.340 e. The number of esters is 2. The van der Waals surface area contributed by atoms with Crippen LogP contribution in [-0.2, 0) is 45.0 Å². The zero-order valence-corrected chi connectivity index (χ0v) is 49.7. The van der Waals surface area contributed by atoms with Gasteiger partial charge in [-0.25, -0.2) is 9.59 Å². The van der Waals surface area contributed by atoms with Crippen LogP contribution in [0.2, 0.25) is 0 Å². The van der Waals surface area contributed by atoms with Crippen molar-refractivity contribution >= 4 is 17.5 Å². The lowest BCUT2D eigenvalue weighted by molar-refractivity contribution is -0.135. The molecule has 438 valence electrons. The van der Waals surface area contributed by atoms with Crippen LogP contribution in [0.3, 0.4) is 0 Å². The molecule has 11 nitrogen and oxygen atoms in total. The average molecular weight is 1120 g/mol. The number of hydrogen-bond donors (Lipinski definition) is 7. The molecule has 11 heteroatoms. The highest BCUT2D eigenvalue weighted by Crippen LogP contribution is 2.73. The number of benzene rings is 4. The molecular formula is C72H89N5O6. The molecule has 83 heavy (non-hydrogen) atoms. The summed E-state index contributed by atoms with van der Waals surface area (Å²) in [6.45, 7) is 13.3. The first-order valence-electron chi connectivity index (χ1n) is 32.0. The van der Waals surface area contributed by atoms with Gasteiger partial charge in [0, 0.05) is 42.7 Å². The quantitative estimate of drug-likeness (QED) is 0.0679. The lowest BCUT2D eigenvalue weighted by atomic mass is 9.44. The zero-order chi connectivity index (χ0) is 57.1. The van der Waals surface area contributed by atoms with Crippen LogP contribution in [0.15, 0.2) is 131 Å². The van der Waals surface area contributed by atoms with Crippen molar-refractivity contribution in [2.24, 2.45) is 64.1 Å². The van der Waals surface area contributed by atoms with Gasteiger partial charge in [-0.05, 0) is 250 Å². The van der Waals surface area contributed by atoms with Crippen molar-refractivity contribution in [3.05, 3.63) is 165 Å². The first-order valence-corrected chi connectivity index (χ1v) is 32.0. The molecule has 5 fully saturated rings. The highest BCUT2D eigenvalue weighted by Gasteiger charge is 2.69. The number of carbonyl (C=O) groups excluding carboxylic acids is 2. The topological polar surface area (TPSA) is 153 Å². The minimum absolute atomic E-state index is 0.0382. The molecule has 5 aliphatic heterocycles. The lowest BCUT2D eigenvalue weighted by Crippen LogP contribution is -2.57.